The van der Waals surface area contributed by atoms with E-state index in [4.69, 9.17) is 0 Å². The molecule has 0 saturated heterocycles. The fourth-order valence-electron chi connectivity index (χ4n) is 3.73. The SMILES string of the molecule is O=C(N[C@H]1CCCn2nc(-c3ccnc(C(F)(F)F)c3)cc21)c1cnn(C(F)(F)F)c1C(F)(F)F. The fourth-order valence-corrected chi connectivity index (χ4v) is 3.73. The number of hydrogen-bond acceptors (Lipinski definition) is 4. The van der Waals surface area contributed by atoms with Crippen molar-refractivity contribution < 1.29 is 44.3 Å². The summed E-state index contributed by atoms with van der Waals surface area (Å²) in [5.74, 6) is -1.45. The summed E-state index contributed by atoms with van der Waals surface area (Å²) < 4.78 is 118. The molecule has 1 aliphatic heterocycles. The van der Waals surface area contributed by atoms with Gasteiger partial charge in [0.1, 0.15) is 5.69 Å². The fraction of sp³-hybridized carbons (Fsp3) is 0.368. The first-order valence-corrected chi connectivity index (χ1v) is 9.81. The van der Waals surface area contributed by atoms with Crippen molar-refractivity contribution in [3.8, 4) is 11.3 Å². The van der Waals surface area contributed by atoms with Crippen molar-refractivity contribution in [2.24, 2.45) is 0 Å². The Hall–Kier alpha value is -3.59. The first kappa shape index (κ1) is 24.5. The van der Waals surface area contributed by atoms with Crippen molar-refractivity contribution in [3.63, 3.8) is 0 Å². The molecule has 0 aliphatic carbocycles. The van der Waals surface area contributed by atoms with Gasteiger partial charge >= 0.3 is 18.7 Å². The Bertz CT molecular complexity index is 1250. The molecule has 188 valence electrons. The molecule has 0 radical (unpaired) electrons. The lowest BCUT2D eigenvalue weighted by Crippen LogP contribution is -2.34. The highest BCUT2D eigenvalue weighted by molar-refractivity contribution is 5.95. The summed E-state index contributed by atoms with van der Waals surface area (Å²) >= 11 is 0. The van der Waals surface area contributed by atoms with E-state index in [1.807, 2.05) is 0 Å². The van der Waals surface area contributed by atoms with Crippen LogP contribution in [-0.4, -0.2) is 30.5 Å². The lowest BCUT2D eigenvalue weighted by Gasteiger charge is -2.24. The number of nitrogens with one attached hydrogen (secondary N) is 1. The minimum Gasteiger partial charge on any atom is -0.344 e. The number of halogens is 9. The van der Waals surface area contributed by atoms with E-state index in [1.54, 1.807) is 0 Å². The van der Waals surface area contributed by atoms with E-state index in [0.29, 0.717) is 13.0 Å². The second kappa shape index (κ2) is 8.27. The molecule has 0 unspecified atom stereocenters. The van der Waals surface area contributed by atoms with Crippen molar-refractivity contribution in [2.45, 2.75) is 44.1 Å². The van der Waals surface area contributed by atoms with Crippen LogP contribution in [-0.2, 0) is 25.2 Å². The Morgan fingerprint density at radius 1 is 1.03 bits per heavy atom. The molecule has 0 fully saturated rings. The number of pyridine rings is 1. The monoisotopic (exact) mass is 512 g/mol. The molecule has 1 N–H and O–H groups in total. The lowest BCUT2D eigenvalue weighted by molar-refractivity contribution is -0.229. The minimum absolute atomic E-state index is 0.0603. The van der Waals surface area contributed by atoms with Gasteiger partial charge in [-0.2, -0.15) is 41.2 Å². The summed E-state index contributed by atoms with van der Waals surface area (Å²) in [5, 5.41) is 9.13. The Labute approximate surface area is 189 Å². The highest BCUT2D eigenvalue weighted by atomic mass is 19.4. The molecule has 4 rings (SSSR count). The number of fused-ring (bicyclic) bond motifs is 1. The summed E-state index contributed by atoms with van der Waals surface area (Å²) in [6.45, 7) is 0.304. The maximum Gasteiger partial charge on any atom is 0.505 e. The molecule has 35 heavy (non-hydrogen) atoms. The summed E-state index contributed by atoms with van der Waals surface area (Å²) in [5.41, 5.74) is -4.34. The molecular formula is C19H13F9N6O. The van der Waals surface area contributed by atoms with Crippen molar-refractivity contribution in [1.29, 1.82) is 0 Å². The van der Waals surface area contributed by atoms with Gasteiger partial charge in [-0.15, -0.1) is 13.2 Å². The summed E-state index contributed by atoms with van der Waals surface area (Å²) in [7, 11) is 0. The molecule has 0 aromatic carbocycles. The highest BCUT2D eigenvalue weighted by Crippen LogP contribution is 2.37. The van der Waals surface area contributed by atoms with Crippen LogP contribution in [0.2, 0.25) is 0 Å². The van der Waals surface area contributed by atoms with Crippen molar-refractivity contribution in [3.05, 3.63) is 53.2 Å². The van der Waals surface area contributed by atoms with Gasteiger partial charge in [0.2, 0.25) is 0 Å². The maximum atomic E-state index is 13.3. The van der Waals surface area contributed by atoms with Crippen LogP contribution in [0.15, 0.2) is 30.6 Å². The molecule has 1 amide bonds. The summed E-state index contributed by atoms with van der Waals surface area (Å²) in [6, 6.07) is 2.43. The highest BCUT2D eigenvalue weighted by Gasteiger charge is 2.47. The maximum absolute atomic E-state index is 13.3. The third kappa shape index (κ3) is 4.81. The van der Waals surface area contributed by atoms with Crippen LogP contribution < -0.4 is 5.32 Å². The van der Waals surface area contributed by atoms with Crippen LogP contribution in [0.25, 0.3) is 11.3 Å². The molecule has 4 heterocycles. The number of rotatable bonds is 3. The Morgan fingerprint density at radius 2 is 1.74 bits per heavy atom. The predicted molar refractivity (Wildman–Crippen MR) is 98.4 cm³/mol. The molecule has 3 aromatic heterocycles. The molecule has 0 bridgehead atoms. The molecule has 1 aliphatic rings. The Kier molecular flexibility index (Phi) is 5.79. The second-order valence-electron chi connectivity index (χ2n) is 7.56. The molecule has 16 heteroatoms. The van der Waals surface area contributed by atoms with E-state index in [2.05, 4.69) is 20.5 Å². The zero-order valence-corrected chi connectivity index (χ0v) is 17.1. The van der Waals surface area contributed by atoms with Gasteiger partial charge in [0.15, 0.2) is 5.69 Å². The average molecular weight is 512 g/mol. The van der Waals surface area contributed by atoms with Gasteiger partial charge in [-0.3, -0.25) is 14.5 Å². The quantitative estimate of drug-likeness (QED) is 0.506. The van der Waals surface area contributed by atoms with E-state index in [0.717, 1.165) is 12.3 Å². The van der Waals surface area contributed by atoms with Crippen LogP contribution in [0.4, 0.5) is 39.5 Å². The molecular weight excluding hydrogens is 499 g/mol. The van der Waals surface area contributed by atoms with Crippen molar-refractivity contribution >= 4 is 5.91 Å². The van der Waals surface area contributed by atoms with Gasteiger partial charge in [-0.25, -0.2) is 0 Å². The standard InChI is InChI=1S/C19H13F9N6O/c20-17(21,22)14-6-9(3-4-29-14)12-7-13-11(2-1-5-33(13)32-12)31-16(35)10-8-30-34(19(26,27)28)15(10)18(23,24)25/h3-4,6-8,11H,1-2,5H2,(H,31,35)/t11-/m0/s1. The van der Waals surface area contributed by atoms with E-state index in [9.17, 15) is 44.3 Å². The van der Waals surface area contributed by atoms with Gasteiger partial charge in [-0.1, -0.05) is 0 Å². The van der Waals surface area contributed by atoms with Crippen LogP contribution in [0, 0.1) is 0 Å². The minimum atomic E-state index is -5.53. The topological polar surface area (TPSA) is 77.6 Å². The number of amides is 1. The van der Waals surface area contributed by atoms with Crippen LogP contribution in [0.5, 0.6) is 0 Å². The average Bonchev–Trinajstić information content (AvgIpc) is 3.38. The normalized spacial score (nSPS) is 16.8. The largest absolute Gasteiger partial charge is 0.505 e. The number of hydrogen-bond donors (Lipinski definition) is 1. The zero-order valence-electron chi connectivity index (χ0n) is 17.1. The summed E-state index contributed by atoms with van der Waals surface area (Å²) in [4.78, 5) is 15.8. The van der Waals surface area contributed by atoms with Crippen LogP contribution >= 0.6 is 0 Å². The second-order valence-corrected chi connectivity index (χ2v) is 7.56. The first-order chi connectivity index (χ1) is 16.2. The molecule has 7 nitrogen and oxygen atoms in total. The van der Waals surface area contributed by atoms with E-state index in [-0.39, 0.29) is 29.6 Å². The van der Waals surface area contributed by atoms with Gasteiger partial charge in [0.25, 0.3) is 5.91 Å². The number of carbonyl (C=O) groups is 1. The van der Waals surface area contributed by atoms with Crippen LogP contribution in [0.3, 0.4) is 0 Å². The first-order valence-electron chi connectivity index (χ1n) is 9.81. The van der Waals surface area contributed by atoms with E-state index in [1.165, 1.54) is 16.8 Å². The third-order valence-corrected chi connectivity index (χ3v) is 5.20. The van der Waals surface area contributed by atoms with Crippen molar-refractivity contribution in [1.82, 2.24) is 29.9 Å². The molecule has 3 aromatic rings. The molecule has 0 saturated carbocycles. The van der Waals surface area contributed by atoms with Gasteiger partial charge in [0, 0.05) is 18.3 Å². The van der Waals surface area contributed by atoms with Gasteiger partial charge < -0.3 is 5.32 Å². The number of nitrogens with zero attached hydrogens (tertiary/aromatic N) is 5. The van der Waals surface area contributed by atoms with E-state index < -0.39 is 52.2 Å². The van der Waals surface area contributed by atoms with Crippen molar-refractivity contribution in [2.75, 3.05) is 0 Å². The third-order valence-electron chi connectivity index (χ3n) is 5.20. The number of aromatic nitrogens is 5. The molecule has 0 spiro atoms. The van der Waals surface area contributed by atoms with Gasteiger partial charge in [-0.05, 0) is 31.0 Å². The summed E-state index contributed by atoms with van der Waals surface area (Å²) in [6.07, 6.45) is -14.0. The molecule has 1 atom stereocenters. The van der Waals surface area contributed by atoms with Gasteiger partial charge in [0.05, 0.1) is 29.2 Å². The smallest absolute Gasteiger partial charge is 0.344 e. The number of aryl methyl sites for hydroxylation is 1. The number of carbonyl (C=O) groups excluding carboxylic acids is 1. The lowest BCUT2D eigenvalue weighted by atomic mass is 10.0. The zero-order chi connectivity index (χ0) is 25.8. The predicted octanol–water partition coefficient (Wildman–Crippen LogP) is 4.92. The van der Waals surface area contributed by atoms with Crippen LogP contribution in [0.1, 0.15) is 46.3 Å². The number of alkyl halides is 9. The van der Waals surface area contributed by atoms with E-state index >= 15 is 0 Å². The Balaban J connectivity index is 1.64. The Morgan fingerprint density at radius 3 is 2.37 bits per heavy atom.